The summed E-state index contributed by atoms with van der Waals surface area (Å²) < 4.78 is 19.6. The molecule has 0 saturated carbocycles. The maximum atomic E-state index is 14.4. The van der Waals surface area contributed by atoms with Gasteiger partial charge in [-0.1, -0.05) is 29.8 Å². The van der Waals surface area contributed by atoms with Crippen molar-refractivity contribution in [3.8, 4) is 5.75 Å². The Bertz CT molecular complexity index is 1100. The molecular formula is C23H18ClFN2O2. The van der Waals surface area contributed by atoms with E-state index in [9.17, 15) is 9.18 Å². The van der Waals surface area contributed by atoms with E-state index in [0.717, 1.165) is 11.3 Å². The zero-order valence-corrected chi connectivity index (χ0v) is 16.5. The summed E-state index contributed by atoms with van der Waals surface area (Å²) in [6, 6.07) is 19.3. The highest BCUT2D eigenvalue weighted by Crippen LogP contribution is 2.34. The molecule has 0 atom stereocenters. The van der Waals surface area contributed by atoms with E-state index in [1.807, 2.05) is 48.5 Å². The van der Waals surface area contributed by atoms with Crippen LogP contribution in [0.15, 0.2) is 71.7 Å². The lowest BCUT2D eigenvalue weighted by Gasteiger charge is -2.23. The number of para-hydroxylation sites is 2. The monoisotopic (exact) mass is 408 g/mol. The first-order valence-electron chi connectivity index (χ1n) is 9.10. The normalized spacial score (nSPS) is 13.6. The lowest BCUT2D eigenvalue weighted by molar-refractivity contribution is -0.117. The van der Waals surface area contributed by atoms with E-state index >= 15 is 0 Å². The van der Waals surface area contributed by atoms with Crippen molar-refractivity contribution in [1.82, 2.24) is 0 Å². The van der Waals surface area contributed by atoms with E-state index in [1.165, 1.54) is 6.07 Å². The van der Waals surface area contributed by atoms with Gasteiger partial charge >= 0.3 is 0 Å². The van der Waals surface area contributed by atoms with Crippen molar-refractivity contribution < 1.29 is 13.9 Å². The molecule has 0 spiro atoms. The number of fused-ring (bicyclic) bond motifs is 1. The summed E-state index contributed by atoms with van der Waals surface area (Å²) in [6.07, 6.45) is 0.107. The maximum absolute atomic E-state index is 14.4. The molecule has 1 amide bonds. The van der Waals surface area contributed by atoms with Gasteiger partial charge in [-0.15, -0.1) is 0 Å². The Morgan fingerprint density at radius 1 is 1.10 bits per heavy atom. The molecule has 4 rings (SSSR count). The molecule has 0 aliphatic carbocycles. The summed E-state index contributed by atoms with van der Waals surface area (Å²) in [6.45, 7) is 0.101. The second-order valence-electron chi connectivity index (χ2n) is 6.67. The van der Waals surface area contributed by atoms with Gasteiger partial charge < -0.3 is 9.64 Å². The van der Waals surface area contributed by atoms with Crippen LogP contribution in [0.1, 0.15) is 17.5 Å². The molecule has 4 nitrogen and oxygen atoms in total. The van der Waals surface area contributed by atoms with Crippen LogP contribution in [0, 0.1) is 5.82 Å². The van der Waals surface area contributed by atoms with Gasteiger partial charge in [0.15, 0.2) is 0 Å². The maximum Gasteiger partial charge on any atom is 0.233 e. The third kappa shape index (κ3) is 4.00. The summed E-state index contributed by atoms with van der Waals surface area (Å²) in [4.78, 5) is 19.5. The molecule has 1 heterocycles. The Morgan fingerprint density at radius 3 is 2.59 bits per heavy atom. The molecule has 3 aromatic rings. The average molecular weight is 409 g/mol. The molecule has 0 bridgehead atoms. The predicted octanol–water partition coefficient (Wildman–Crippen LogP) is 5.55. The fourth-order valence-electron chi connectivity index (χ4n) is 3.29. The summed E-state index contributed by atoms with van der Waals surface area (Å²) >= 11 is 5.86. The minimum atomic E-state index is -0.441. The fourth-order valence-corrected chi connectivity index (χ4v) is 3.45. The lowest BCUT2D eigenvalue weighted by Crippen LogP contribution is -2.31. The number of carbonyl (C=O) groups is 1. The molecule has 0 aromatic heterocycles. The number of hydrogen-bond donors (Lipinski definition) is 0. The largest absolute Gasteiger partial charge is 0.497 e. The van der Waals surface area contributed by atoms with Crippen molar-refractivity contribution in [2.24, 2.45) is 4.99 Å². The quantitative estimate of drug-likeness (QED) is 0.568. The highest BCUT2D eigenvalue weighted by Gasteiger charge is 2.25. The van der Waals surface area contributed by atoms with Crippen molar-refractivity contribution in [2.75, 3.05) is 12.0 Å². The fraction of sp³-hybridized carbons (Fsp3) is 0.130. The molecule has 29 heavy (non-hydrogen) atoms. The molecule has 0 fully saturated rings. The summed E-state index contributed by atoms with van der Waals surface area (Å²) in [5.41, 5.74) is 3.21. The number of amides is 1. The second-order valence-corrected chi connectivity index (χ2v) is 7.10. The van der Waals surface area contributed by atoms with Gasteiger partial charge in [-0.2, -0.15) is 0 Å². The molecule has 146 valence electrons. The van der Waals surface area contributed by atoms with E-state index in [2.05, 4.69) is 0 Å². The van der Waals surface area contributed by atoms with Gasteiger partial charge in [-0.3, -0.25) is 9.79 Å². The third-order valence-electron chi connectivity index (χ3n) is 4.81. The number of nitrogens with zero attached hydrogens (tertiary/aromatic N) is 2. The highest BCUT2D eigenvalue weighted by molar-refractivity contribution is 6.30. The van der Waals surface area contributed by atoms with Crippen LogP contribution in [0.3, 0.4) is 0 Å². The van der Waals surface area contributed by atoms with Crippen LogP contribution in [-0.2, 0) is 11.3 Å². The number of hydrogen-bond acceptors (Lipinski definition) is 3. The molecule has 0 unspecified atom stereocenters. The van der Waals surface area contributed by atoms with E-state index < -0.39 is 5.82 Å². The van der Waals surface area contributed by atoms with Crippen molar-refractivity contribution in [3.63, 3.8) is 0 Å². The van der Waals surface area contributed by atoms with E-state index in [0.29, 0.717) is 27.7 Å². The van der Waals surface area contributed by atoms with Crippen molar-refractivity contribution >= 4 is 34.6 Å². The van der Waals surface area contributed by atoms with Gasteiger partial charge in [0.25, 0.3) is 0 Å². The van der Waals surface area contributed by atoms with E-state index in [4.69, 9.17) is 21.3 Å². The predicted molar refractivity (Wildman–Crippen MR) is 113 cm³/mol. The number of methoxy groups -OCH3 is 1. The molecule has 0 radical (unpaired) electrons. The first kappa shape index (κ1) is 19.2. The molecule has 1 aliphatic heterocycles. The third-order valence-corrected chi connectivity index (χ3v) is 5.05. The Hall–Kier alpha value is -3.18. The Kier molecular flexibility index (Phi) is 5.32. The van der Waals surface area contributed by atoms with Gasteiger partial charge in [-0.05, 0) is 54.1 Å². The number of anilines is 1. The van der Waals surface area contributed by atoms with Gasteiger partial charge in [0.1, 0.15) is 11.6 Å². The number of rotatable bonds is 4. The summed E-state index contributed by atoms with van der Waals surface area (Å²) in [5.74, 6) is 0.136. The van der Waals surface area contributed by atoms with Crippen molar-refractivity contribution in [3.05, 3.63) is 88.7 Å². The Labute approximate surface area is 173 Å². The lowest BCUT2D eigenvalue weighted by atomic mass is 10.1. The number of aliphatic imine (C=N–C) groups is 1. The number of benzene rings is 3. The molecule has 6 heteroatoms. The smallest absolute Gasteiger partial charge is 0.233 e. The van der Waals surface area contributed by atoms with Crippen LogP contribution in [0.2, 0.25) is 5.02 Å². The van der Waals surface area contributed by atoms with Crippen LogP contribution < -0.4 is 9.64 Å². The van der Waals surface area contributed by atoms with Gasteiger partial charge in [0.05, 0.1) is 37.2 Å². The molecule has 3 aromatic carbocycles. The van der Waals surface area contributed by atoms with Crippen molar-refractivity contribution in [1.29, 1.82) is 0 Å². The highest BCUT2D eigenvalue weighted by atomic mass is 35.5. The minimum Gasteiger partial charge on any atom is -0.497 e. The average Bonchev–Trinajstić information content (AvgIpc) is 2.86. The Balaban J connectivity index is 1.72. The number of carbonyl (C=O) groups excluding carboxylic acids is 1. The standard InChI is InChI=1S/C23H18ClFN2O2/c1-29-18-10-7-15(8-11-18)21-13-23(28)27(22-5-3-2-4-20(22)26-21)14-16-6-9-17(24)12-19(16)25/h2-12H,13-14H2,1H3. The summed E-state index contributed by atoms with van der Waals surface area (Å²) in [7, 11) is 1.60. The van der Waals surface area contributed by atoms with Gasteiger partial charge in [-0.25, -0.2) is 4.39 Å². The van der Waals surface area contributed by atoms with Gasteiger partial charge in [0, 0.05) is 10.6 Å². The topological polar surface area (TPSA) is 41.9 Å². The number of halogens is 2. The molecule has 0 N–H and O–H groups in total. The van der Waals surface area contributed by atoms with Crippen LogP contribution in [-0.4, -0.2) is 18.7 Å². The second kappa shape index (κ2) is 8.05. The van der Waals surface area contributed by atoms with E-state index in [1.54, 1.807) is 24.1 Å². The van der Waals surface area contributed by atoms with Crippen LogP contribution in [0.4, 0.5) is 15.8 Å². The molecular weight excluding hydrogens is 391 g/mol. The van der Waals surface area contributed by atoms with Crippen LogP contribution >= 0.6 is 11.6 Å². The van der Waals surface area contributed by atoms with Gasteiger partial charge in [0.2, 0.25) is 5.91 Å². The van der Waals surface area contributed by atoms with Crippen LogP contribution in [0.5, 0.6) is 5.75 Å². The Morgan fingerprint density at radius 2 is 1.86 bits per heavy atom. The first-order chi connectivity index (χ1) is 14.0. The zero-order chi connectivity index (χ0) is 20.4. The first-order valence-corrected chi connectivity index (χ1v) is 9.48. The SMILES string of the molecule is COc1ccc(C2=Nc3ccccc3N(Cc3ccc(Cl)cc3F)C(=O)C2)cc1. The van der Waals surface area contributed by atoms with Crippen molar-refractivity contribution in [2.45, 2.75) is 13.0 Å². The van der Waals surface area contributed by atoms with E-state index in [-0.39, 0.29) is 18.9 Å². The minimum absolute atomic E-state index is 0.101. The molecule has 1 aliphatic rings. The van der Waals surface area contributed by atoms with Crippen LogP contribution in [0.25, 0.3) is 0 Å². The summed E-state index contributed by atoms with van der Waals surface area (Å²) in [5, 5.41) is 0.318. The molecule has 0 saturated heterocycles. The number of ether oxygens (including phenoxy) is 1. The zero-order valence-electron chi connectivity index (χ0n) is 15.7.